The Morgan fingerprint density at radius 1 is 1.36 bits per heavy atom. The minimum Gasteiger partial charge on any atom is -0.496 e. The van der Waals surface area contributed by atoms with Gasteiger partial charge < -0.3 is 9.47 Å². The summed E-state index contributed by atoms with van der Waals surface area (Å²) in [7, 11) is 1.46. The third kappa shape index (κ3) is 4.23. The van der Waals surface area contributed by atoms with Crippen molar-refractivity contribution in [2.75, 3.05) is 7.11 Å². The number of hydrogen-bond donors (Lipinski definition) is 0. The molecule has 0 bridgehead atoms. The van der Waals surface area contributed by atoms with Crippen molar-refractivity contribution < 1.29 is 27.4 Å². The van der Waals surface area contributed by atoms with Crippen molar-refractivity contribution >= 4 is 29.2 Å². The van der Waals surface area contributed by atoms with Gasteiger partial charge in [-0.25, -0.2) is 0 Å². The molecule has 8 heteroatoms. The topological polar surface area (TPSA) is 35.5 Å². The molecule has 2 atom stereocenters. The number of carbonyl (C=O) groups is 1. The van der Waals surface area contributed by atoms with Gasteiger partial charge in [0, 0.05) is 0 Å². The fourth-order valence-electron chi connectivity index (χ4n) is 2.79. The van der Waals surface area contributed by atoms with E-state index in [4.69, 9.17) is 32.7 Å². The van der Waals surface area contributed by atoms with Gasteiger partial charge in [0.05, 0.1) is 23.6 Å². The summed E-state index contributed by atoms with van der Waals surface area (Å²) in [5.41, 5.74) is -0.161. The molecule has 0 N–H and O–H groups in total. The van der Waals surface area contributed by atoms with E-state index >= 15 is 0 Å². The minimum atomic E-state index is -4.63. The van der Waals surface area contributed by atoms with Crippen LogP contribution in [0.4, 0.5) is 13.2 Å². The van der Waals surface area contributed by atoms with E-state index in [-0.39, 0.29) is 6.61 Å². The molecule has 25 heavy (non-hydrogen) atoms. The molecule has 1 aliphatic rings. The molecule has 1 fully saturated rings. The summed E-state index contributed by atoms with van der Waals surface area (Å²) in [5.74, 6) is -1.47. The summed E-state index contributed by atoms with van der Waals surface area (Å²) in [5, 5.41) is -0.854. The van der Waals surface area contributed by atoms with Crippen molar-refractivity contribution in [2.24, 2.45) is 17.3 Å². The Labute approximate surface area is 153 Å². The van der Waals surface area contributed by atoms with Crippen molar-refractivity contribution in [1.82, 2.24) is 0 Å². The van der Waals surface area contributed by atoms with E-state index in [1.54, 1.807) is 32.0 Å². The van der Waals surface area contributed by atoms with Crippen LogP contribution in [0.25, 0.3) is 0 Å². The molecule has 1 aromatic rings. The molecule has 1 aliphatic carbocycles. The summed E-state index contributed by atoms with van der Waals surface area (Å²) in [4.78, 5) is 12.3. The van der Waals surface area contributed by atoms with Crippen LogP contribution in [0.3, 0.4) is 0 Å². The number of hydrogen-bond acceptors (Lipinski definition) is 3. The fourth-order valence-corrected chi connectivity index (χ4v) is 3.15. The van der Waals surface area contributed by atoms with Crippen molar-refractivity contribution in [3.8, 4) is 5.75 Å². The Hall–Kier alpha value is -1.40. The molecule has 0 aromatic heterocycles. The van der Waals surface area contributed by atoms with Crippen LogP contribution in [-0.4, -0.2) is 19.3 Å². The van der Waals surface area contributed by atoms with Crippen LogP contribution in [0.15, 0.2) is 29.3 Å². The second-order valence-electron chi connectivity index (χ2n) is 6.37. The molecule has 0 radical (unpaired) electrons. The predicted molar refractivity (Wildman–Crippen MR) is 88.6 cm³/mol. The van der Waals surface area contributed by atoms with Gasteiger partial charge in [-0.2, -0.15) is 13.2 Å². The molecule has 138 valence electrons. The molecule has 1 aromatic carbocycles. The number of methoxy groups -OCH3 is 1. The molecule has 2 rings (SSSR count). The molecular weight excluding hydrogens is 380 g/mol. The smallest absolute Gasteiger partial charge is 0.426 e. The maximum absolute atomic E-state index is 12.6. The zero-order chi connectivity index (χ0) is 19.0. The SMILES string of the molecule is COc1cccc(Cl)c1COC(=O)[C@H]1[C@@H](/C=C(\Cl)C(F)(F)F)C1(C)C. The average Bonchev–Trinajstić information content (AvgIpc) is 3.05. The summed E-state index contributed by atoms with van der Waals surface area (Å²) in [6.45, 7) is 3.26. The minimum absolute atomic E-state index is 0.127. The number of rotatable bonds is 5. The molecule has 0 amide bonds. The van der Waals surface area contributed by atoms with Crippen LogP contribution in [0.1, 0.15) is 19.4 Å². The van der Waals surface area contributed by atoms with Crippen molar-refractivity contribution in [3.63, 3.8) is 0 Å². The average molecular weight is 397 g/mol. The quantitative estimate of drug-likeness (QED) is 0.629. The lowest BCUT2D eigenvalue weighted by atomic mass is 10.1. The Kier molecular flexibility index (Phi) is 5.64. The van der Waals surface area contributed by atoms with Crippen LogP contribution in [-0.2, 0) is 16.1 Å². The van der Waals surface area contributed by atoms with Crippen molar-refractivity contribution in [3.05, 3.63) is 39.9 Å². The van der Waals surface area contributed by atoms with Gasteiger partial charge in [0.15, 0.2) is 0 Å². The second kappa shape index (κ2) is 7.08. The fraction of sp³-hybridized carbons (Fsp3) is 0.471. The molecule has 0 aliphatic heterocycles. The Bertz CT molecular complexity index is 699. The standard InChI is InChI=1S/C17H17Cl2F3O3/c1-16(2)10(7-13(19)17(20,21)22)14(16)15(23)25-8-9-11(18)5-4-6-12(9)24-3/h4-7,10,14H,8H2,1-3H3/b13-7-/t10-,14-/m1/s1. The van der Waals surface area contributed by atoms with Gasteiger partial charge in [0.2, 0.25) is 0 Å². The summed E-state index contributed by atoms with van der Waals surface area (Å²) in [6.07, 6.45) is -3.75. The van der Waals surface area contributed by atoms with Gasteiger partial charge in [-0.3, -0.25) is 4.79 Å². The molecule has 1 saturated carbocycles. The number of ether oxygens (including phenoxy) is 2. The molecule has 0 unspecified atom stereocenters. The number of halogens is 5. The zero-order valence-corrected chi connectivity index (χ0v) is 15.3. The number of allylic oxidation sites excluding steroid dienone is 2. The predicted octanol–water partition coefficient (Wildman–Crippen LogP) is 5.35. The van der Waals surface area contributed by atoms with E-state index in [2.05, 4.69) is 0 Å². The van der Waals surface area contributed by atoms with E-state index in [0.29, 0.717) is 16.3 Å². The largest absolute Gasteiger partial charge is 0.496 e. The normalized spacial score (nSPS) is 22.5. The summed E-state index contributed by atoms with van der Waals surface area (Å²) in [6, 6.07) is 4.99. The summed E-state index contributed by atoms with van der Waals surface area (Å²) < 4.78 is 48.1. The number of benzene rings is 1. The highest BCUT2D eigenvalue weighted by molar-refractivity contribution is 6.31. The van der Waals surface area contributed by atoms with Crippen LogP contribution in [0.5, 0.6) is 5.75 Å². The van der Waals surface area contributed by atoms with Crippen LogP contribution >= 0.6 is 23.2 Å². The number of alkyl halides is 3. The maximum Gasteiger partial charge on any atom is 0.426 e. The zero-order valence-electron chi connectivity index (χ0n) is 13.8. The highest BCUT2D eigenvalue weighted by atomic mass is 35.5. The van der Waals surface area contributed by atoms with Crippen molar-refractivity contribution in [1.29, 1.82) is 0 Å². The Morgan fingerprint density at radius 3 is 2.56 bits per heavy atom. The third-order valence-electron chi connectivity index (χ3n) is 4.42. The lowest BCUT2D eigenvalue weighted by Gasteiger charge is -2.11. The Balaban J connectivity index is 2.08. The monoisotopic (exact) mass is 396 g/mol. The molecule has 0 saturated heterocycles. The molecule has 3 nitrogen and oxygen atoms in total. The van der Waals surface area contributed by atoms with E-state index in [9.17, 15) is 18.0 Å². The van der Waals surface area contributed by atoms with E-state index in [0.717, 1.165) is 6.08 Å². The van der Waals surface area contributed by atoms with Gasteiger partial charge in [-0.1, -0.05) is 49.2 Å². The van der Waals surface area contributed by atoms with Gasteiger partial charge in [-0.05, 0) is 23.5 Å². The van der Waals surface area contributed by atoms with Crippen LogP contribution < -0.4 is 4.74 Å². The van der Waals surface area contributed by atoms with E-state index in [1.165, 1.54) is 7.11 Å². The first-order valence-electron chi connectivity index (χ1n) is 7.42. The first-order chi connectivity index (χ1) is 11.5. The van der Waals surface area contributed by atoms with E-state index < -0.39 is 34.4 Å². The van der Waals surface area contributed by atoms with Crippen LogP contribution in [0.2, 0.25) is 5.02 Å². The maximum atomic E-state index is 12.6. The van der Waals surface area contributed by atoms with Gasteiger partial charge >= 0.3 is 12.1 Å². The van der Waals surface area contributed by atoms with Gasteiger partial charge in [-0.15, -0.1) is 0 Å². The molecule has 0 spiro atoms. The second-order valence-corrected chi connectivity index (χ2v) is 7.18. The number of carbonyl (C=O) groups excluding carboxylic acids is 1. The summed E-state index contributed by atoms with van der Waals surface area (Å²) >= 11 is 11.3. The third-order valence-corrected chi connectivity index (χ3v) is 5.11. The Morgan fingerprint density at radius 2 is 2.00 bits per heavy atom. The lowest BCUT2D eigenvalue weighted by molar-refractivity contribution is -0.147. The highest BCUT2D eigenvalue weighted by Crippen LogP contribution is 2.60. The van der Waals surface area contributed by atoms with Gasteiger partial charge in [0.25, 0.3) is 0 Å². The first kappa shape index (κ1) is 19.9. The molecule has 0 heterocycles. The molecular formula is C17H17Cl2F3O3. The van der Waals surface area contributed by atoms with Crippen LogP contribution in [0, 0.1) is 17.3 Å². The lowest BCUT2D eigenvalue weighted by Crippen LogP contribution is -2.11. The van der Waals surface area contributed by atoms with Crippen molar-refractivity contribution in [2.45, 2.75) is 26.6 Å². The first-order valence-corrected chi connectivity index (χ1v) is 8.18. The van der Waals surface area contributed by atoms with E-state index in [1.807, 2.05) is 0 Å². The highest BCUT2D eigenvalue weighted by Gasteiger charge is 2.62. The number of esters is 1. The van der Waals surface area contributed by atoms with Gasteiger partial charge in [0.1, 0.15) is 17.4 Å².